The minimum Gasteiger partial charge on any atom is -0.371 e. The van der Waals surface area contributed by atoms with E-state index in [1.54, 1.807) is 0 Å². The smallest absolute Gasteiger partial charge is 0.0560 e. The van der Waals surface area contributed by atoms with Crippen molar-refractivity contribution < 1.29 is 0 Å². The highest BCUT2D eigenvalue weighted by atomic mass is 15.1. The van der Waals surface area contributed by atoms with Crippen molar-refractivity contribution >= 4 is 5.69 Å². The first-order chi connectivity index (χ1) is 9.02. The number of nitrogens with zero attached hydrogens (tertiary/aromatic N) is 2. The van der Waals surface area contributed by atoms with E-state index in [1.807, 2.05) is 6.20 Å². The Hall–Kier alpha value is -1.09. The van der Waals surface area contributed by atoms with Gasteiger partial charge in [0.25, 0.3) is 0 Å². The Balaban J connectivity index is 2.74. The van der Waals surface area contributed by atoms with Crippen molar-refractivity contribution in [1.29, 1.82) is 0 Å². The Bertz CT molecular complexity index is 349. The van der Waals surface area contributed by atoms with Crippen molar-refractivity contribution in [3.05, 3.63) is 24.0 Å². The predicted molar refractivity (Wildman–Crippen MR) is 83.3 cm³/mol. The lowest BCUT2D eigenvalue weighted by molar-refractivity contribution is 0.535. The minimum absolute atomic E-state index is 0.510. The number of aromatic nitrogens is 1. The summed E-state index contributed by atoms with van der Waals surface area (Å²) in [6.07, 6.45) is 4.31. The summed E-state index contributed by atoms with van der Waals surface area (Å²) in [6, 6.07) is 4.22. The molecule has 0 bridgehead atoms. The maximum Gasteiger partial charge on any atom is 0.0560 e. The average molecular weight is 263 g/mol. The standard InChI is InChI=1S/C16H29N3/c1-13(2)6-9-19(10-7-14(3)4)16-5-8-18-15(11-16)12-17/h5,8,11,13-14H,6-7,9-10,12,17H2,1-4H3. The van der Waals surface area contributed by atoms with E-state index < -0.39 is 0 Å². The summed E-state index contributed by atoms with van der Waals surface area (Å²) in [5.41, 5.74) is 7.91. The third kappa shape index (κ3) is 6.06. The molecule has 0 saturated heterocycles. The Morgan fingerprint density at radius 3 is 2.16 bits per heavy atom. The first-order valence-electron chi connectivity index (χ1n) is 7.42. The summed E-state index contributed by atoms with van der Waals surface area (Å²) in [4.78, 5) is 6.75. The zero-order valence-electron chi connectivity index (χ0n) is 12.9. The van der Waals surface area contributed by atoms with Gasteiger partial charge in [0.1, 0.15) is 0 Å². The molecule has 2 N–H and O–H groups in total. The summed E-state index contributed by atoms with van der Waals surface area (Å²) in [6.45, 7) is 11.8. The molecule has 0 saturated carbocycles. The van der Waals surface area contributed by atoms with Gasteiger partial charge < -0.3 is 10.6 Å². The summed E-state index contributed by atoms with van der Waals surface area (Å²) in [5.74, 6) is 1.47. The highest BCUT2D eigenvalue weighted by Gasteiger charge is 2.09. The fourth-order valence-electron chi connectivity index (χ4n) is 1.97. The minimum atomic E-state index is 0.510. The van der Waals surface area contributed by atoms with Crippen LogP contribution in [-0.4, -0.2) is 18.1 Å². The van der Waals surface area contributed by atoms with E-state index in [-0.39, 0.29) is 0 Å². The number of hydrogen-bond donors (Lipinski definition) is 1. The molecule has 19 heavy (non-hydrogen) atoms. The number of nitrogens with two attached hydrogens (primary N) is 1. The molecule has 0 atom stereocenters. The molecule has 0 spiro atoms. The molecule has 0 amide bonds. The fraction of sp³-hybridized carbons (Fsp3) is 0.688. The lowest BCUT2D eigenvalue weighted by atomic mass is 10.1. The monoisotopic (exact) mass is 263 g/mol. The lowest BCUT2D eigenvalue weighted by Crippen LogP contribution is -2.27. The van der Waals surface area contributed by atoms with Crippen LogP contribution in [0.4, 0.5) is 5.69 Å². The van der Waals surface area contributed by atoms with Gasteiger partial charge in [-0.15, -0.1) is 0 Å². The summed E-state index contributed by atoms with van der Waals surface area (Å²) >= 11 is 0. The third-order valence-electron chi connectivity index (χ3n) is 3.33. The SMILES string of the molecule is CC(C)CCN(CCC(C)C)c1ccnc(CN)c1. The van der Waals surface area contributed by atoms with Crippen molar-refractivity contribution in [2.45, 2.75) is 47.1 Å². The fourth-order valence-corrected chi connectivity index (χ4v) is 1.97. The Morgan fingerprint density at radius 2 is 1.68 bits per heavy atom. The summed E-state index contributed by atoms with van der Waals surface area (Å²) < 4.78 is 0. The zero-order chi connectivity index (χ0) is 14.3. The number of pyridine rings is 1. The quantitative estimate of drug-likeness (QED) is 0.781. The van der Waals surface area contributed by atoms with E-state index in [4.69, 9.17) is 5.73 Å². The summed E-state index contributed by atoms with van der Waals surface area (Å²) in [5, 5.41) is 0. The van der Waals surface area contributed by atoms with E-state index >= 15 is 0 Å². The molecule has 0 aliphatic carbocycles. The zero-order valence-corrected chi connectivity index (χ0v) is 12.9. The third-order valence-corrected chi connectivity index (χ3v) is 3.33. The van der Waals surface area contributed by atoms with Crippen LogP contribution >= 0.6 is 0 Å². The van der Waals surface area contributed by atoms with Gasteiger partial charge >= 0.3 is 0 Å². The highest BCUT2D eigenvalue weighted by molar-refractivity contribution is 5.46. The van der Waals surface area contributed by atoms with Gasteiger partial charge in [0.05, 0.1) is 5.69 Å². The van der Waals surface area contributed by atoms with Gasteiger partial charge in [0.15, 0.2) is 0 Å². The van der Waals surface area contributed by atoms with Crippen molar-refractivity contribution in [3.63, 3.8) is 0 Å². The molecule has 108 valence electrons. The molecule has 0 aliphatic heterocycles. The lowest BCUT2D eigenvalue weighted by Gasteiger charge is -2.27. The maximum atomic E-state index is 5.68. The van der Waals surface area contributed by atoms with Crippen molar-refractivity contribution in [3.8, 4) is 0 Å². The van der Waals surface area contributed by atoms with Gasteiger partial charge in [-0.1, -0.05) is 27.7 Å². The second kappa shape index (κ2) is 8.16. The van der Waals surface area contributed by atoms with Crippen molar-refractivity contribution in [1.82, 2.24) is 4.98 Å². The van der Waals surface area contributed by atoms with Crippen LogP contribution < -0.4 is 10.6 Å². The van der Waals surface area contributed by atoms with E-state index in [9.17, 15) is 0 Å². The molecule has 3 heteroatoms. The van der Waals surface area contributed by atoms with Gasteiger partial charge in [0, 0.05) is 31.5 Å². The maximum absolute atomic E-state index is 5.68. The molecule has 3 nitrogen and oxygen atoms in total. The van der Waals surface area contributed by atoms with Crippen LogP contribution in [0.5, 0.6) is 0 Å². The Kier molecular flexibility index (Phi) is 6.85. The van der Waals surface area contributed by atoms with Gasteiger partial charge in [-0.05, 0) is 36.8 Å². The van der Waals surface area contributed by atoms with Crippen molar-refractivity contribution in [2.75, 3.05) is 18.0 Å². The van der Waals surface area contributed by atoms with E-state index in [1.165, 1.54) is 18.5 Å². The number of anilines is 1. The van der Waals surface area contributed by atoms with Crippen molar-refractivity contribution in [2.24, 2.45) is 17.6 Å². The molecule has 0 aliphatic rings. The second-order valence-electron chi connectivity index (χ2n) is 6.06. The molecule has 0 radical (unpaired) electrons. The second-order valence-corrected chi connectivity index (χ2v) is 6.06. The molecular weight excluding hydrogens is 234 g/mol. The van der Waals surface area contributed by atoms with Gasteiger partial charge in [0.2, 0.25) is 0 Å². The number of hydrogen-bond acceptors (Lipinski definition) is 3. The number of rotatable bonds is 8. The van der Waals surface area contributed by atoms with Gasteiger partial charge in [-0.3, -0.25) is 4.98 Å². The molecule has 0 aromatic carbocycles. The molecule has 1 aromatic heterocycles. The van der Waals surface area contributed by atoms with Crippen LogP contribution in [0.1, 0.15) is 46.2 Å². The van der Waals surface area contributed by atoms with Gasteiger partial charge in [-0.25, -0.2) is 0 Å². The topological polar surface area (TPSA) is 42.2 Å². The van der Waals surface area contributed by atoms with Gasteiger partial charge in [-0.2, -0.15) is 0 Å². The molecule has 0 fully saturated rings. The largest absolute Gasteiger partial charge is 0.371 e. The first-order valence-corrected chi connectivity index (χ1v) is 7.42. The molecule has 1 aromatic rings. The van der Waals surface area contributed by atoms with Crippen LogP contribution in [0.25, 0.3) is 0 Å². The first kappa shape index (κ1) is 16.0. The average Bonchev–Trinajstić information content (AvgIpc) is 2.38. The van der Waals surface area contributed by atoms with Crippen LogP contribution in [0.15, 0.2) is 18.3 Å². The normalized spacial score (nSPS) is 11.3. The van der Waals surface area contributed by atoms with Crippen LogP contribution in [0.3, 0.4) is 0 Å². The highest BCUT2D eigenvalue weighted by Crippen LogP contribution is 2.18. The van der Waals surface area contributed by atoms with E-state index in [2.05, 4.69) is 49.7 Å². The Morgan fingerprint density at radius 1 is 1.11 bits per heavy atom. The molecule has 1 rings (SSSR count). The predicted octanol–water partition coefficient (Wildman–Crippen LogP) is 3.44. The summed E-state index contributed by atoms with van der Waals surface area (Å²) in [7, 11) is 0. The van der Waals surface area contributed by atoms with E-state index in [0.717, 1.165) is 30.6 Å². The Labute approximate surface area is 118 Å². The molecular formula is C16H29N3. The van der Waals surface area contributed by atoms with E-state index in [0.29, 0.717) is 6.54 Å². The van der Waals surface area contributed by atoms with Crippen LogP contribution in [0, 0.1) is 11.8 Å². The van der Waals surface area contributed by atoms with Crippen LogP contribution in [-0.2, 0) is 6.54 Å². The van der Waals surface area contributed by atoms with Crippen LogP contribution in [0.2, 0.25) is 0 Å². The molecule has 1 heterocycles. The molecule has 0 unspecified atom stereocenters.